The summed E-state index contributed by atoms with van der Waals surface area (Å²) in [5.41, 5.74) is -1.02. The van der Waals surface area contributed by atoms with Crippen LogP contribution in [0.4, 0.5) is 23.2 Å². The Labute approximate surface area is 185 Å². The van der Waals surface area contributed by atoms with Gasteiger partial charge in [0.25, 0.3) is 0 Å². The highest BCUT2D eigenvalue weighted by molar-refractivity contribution is 7.89. The van der Waals surface area contributed by atoms with Crippen LogP contribution in [-0.4, -0.2) is 25.2 Å². The van der Waals surface area contributed by atoms with Gasteiger partial charge in [-0.15, -0.1) is 0 Å². The molecule has 32 heavy (non-hydrogen) atoms. The minimum atomic E-state index is -4.80. The van der Waals surface area contributed by atoms with Crippen molar-refractivity contribution in [2.45, 2.75) is 17.6 Å². The Morgan fingerprint density at radius 1 is 1.09 bits per heavy atom. The van der Waals surface area contributed by atoms with E-state index in [0.29, 0.717) is 16.4 Å². The smallest absolute Gasteiger partial charge is 0.416 e. The van der Waals surface area contributed by atoms with Gasteiger partial charge in [0.05, 0.1) is 29.9 Å². The SMILES string of the molecule is O=C(CN(Cc1ccco1)S(=O)(=O)c1cc(C(F)(F)F)ccc1Cl)Nc1ccc(F)cc1. The van der Waals surface area contributed by atoms with Gasteiger partial charge in [-0.05, 0) is 54.6 Å². The molecule has 0 atom stereocenters. The average Bonchev–Trinajstić information content (AvgIpc) is 3.22. The summed E-state index contributed by atoms with van der Waals surface area (Å²) in [6.07, 6.45) is -3.53. The van der Waals surface area contributed by atoms with Gasteiger partial charge in [-0.3, -0.25) is 4.79 Å². The molecule has 170 valence electrons. The Hall–Kier alpha value is -2.89. The van der Waals surface area contributed by atoms with Gasteiger partial charge >= 0.3 is 6.18 Å². The van der Waals surface area contributed by atoms with Gasteiger partial charge in [-0.1, -0.05) is 11.6 Å². The Morgan fingerprint density at radius 3 is 2.38 bits per heavy atom. The number of amides is 1. The molecule has 0 radical (unpaired) electrons. The van der Waals surface area contributed by atoms with Crippen LogP contribution in [0, 0.1) is 5.82 Å². The van der Waals surface area contributed by atoms with Crippen molar-refractivity contribution in [3.8, 4) is 0 Å². The first-order valence-electron chi connectivity index (χ1n) is 8.91. The first-order chi connectivity index (χ1) is 15.0. The summed E-state index contributed by atoms with van der Waals surface area (Å²) < 4.78 is 84.5. The summed E-state index contributed by atoms with van der Waals surface area (Å²) in [5.74, 6) is -1.20. The van der Waals surface area contributed by atoms with Crippen LogP contribution in [0.3, 0.4) is 0 Å². The number of sulfonamides is 1. The number of hydrogen-bond donors (Lipinski definition) is 1. The molecule has 0 aliphatic rings. The van der Waals surface area contributed by atoms with Gasteiger partial charge in [0.15, 0.2) is 0 Å². The number of halogens is 5. The van der Waals surface area contributed by atoms with E-state index in [9.17, 15) is 30.8 Å². The molecule has 1 amide bonds. The van der Waals surface area contributed by atoms with E-state index in [1.54, 1.807) is 0 Å². The number of alkyl halides is 3. The largest absolute Gasteiger partial charge is 0.468 e. The second kappa shape index (κ2) is 9.31. The summed E-state index contributed by atoms with van der Waals surface area (Å²) in [5, 5.41) is 1.95. The number of carbonyl (C=O) groups excluding carboxylic acids is 1. The maximum absolute atomic E-state index is 13.2. The van der Waals surface area contributed by atoms with Gasteiger partial charge in [0, 0.05) is 5.69 Å². The van der Waals surface area contributed by atoms with E-state index in [4.69, 9.17) is 16.0 Å². The highest BCUT2D eigenvalue weighted by atomic mass is 35.5. The van der Waals surface area contributed by atoms with Crippen molar-refractivity contribution in [3.05, 3.63) is 83.0 Å². The standard InChI is InChI=1S/C20H15ClF4N2O4S/c21-17-8-3-13(20(23,24)25)10-18(17)32(29,30)27(11-16-2-1-9-31-16)12-19(28)26-15-6-4-14(22)5-7-15/h1-10H,11-12H2,(H,26,28). The van der Waals surface area contributed by atoms with Gasteiger partial charge in [0.1, 0.15) is 16.5 Å². The normalized spacial score (nSPS) is 12.2. The van der Waals surface area contributed by atoms with Crippen molar-refractivity contribution in [2.24, 2.45) is 0 Å². The van der Waals surface area contributed by atoms with E-state index in [1.165, 1.54) is 30.5 Å². The molecule has 3 aromatic rings. The zero-order valence-electron chi connectivity index (χ0n) is 16.1. The summed E-state index contributed by atoms with van der Waals surface area (Å²) in [6, 6.07) is 9.52. The van der Waals surface area contributed by atoms with Crippen LogP contribution in [0.25, 0.3) is 0 Å². The lowest BCUT2D eigenvalue weighted by atomic mass is 10.2. The Balaban J connectivity index is 1.94. The van der Waals surface area contributed by atoms with Gasteiger partial charge < -0.3 is 9.73 Å². The topological polar surface area (TPSA) is 79.6 Å². The predicted molar refractivity (Wildman–Crippen MR) is 108 cm³/mol. The van der Waals surface area contributed by atoms with E-state index < -0.39 is 56.5 Å². The molecular formula is C20H15ClF4N2O4S. The quantitative estimate of drug-likeness (QED) is 0.477. The summed E-state index contributed by atoms with van der Waals surface area (Å²) in [7, 11) is -4.66. The number of rotatable bonds is 7. The van der Waals surface area contributed by atoms with Crippen LogP contribution < -0.4 is 5.32 Å². The fourth-order valence-electron chi connectivity index (χ4n) is 2.71. The Bertz CT molecular complexity index is 1200. The average molecular weight is 491 g/mol. The molecule has 6 nitrogen and oxygen atoms in total. The minimum absolute atomic E-state index is 0.145. The first-order valence-corrected chi connectivity index (χ1v) is 10.7. The molecule has 0 spiro atoms. The lowest BCUT2D eigenvalue weighted by Crippen LogP contribution is -2.37. The number of nitrogens with zero attached hydrogens (tertiary/aromatic N) is 1. The number of carbonyl (C=O) groups is 1. The monoisotopic (exact) mass is 490 g/mol. The molecule has 3 rings (SSSR count). The van der Waals surface area contributed by atoms with Crippen molar-refractivity contribution in [3.63, 3.8) is 0 Å². The molecule has 12 heteroatoms. The Morgan fingerprint density at radius 2 is 1.78 bits per heavy atom. The van der Waals surface area contributed by atoms with Crippen LogP contribution in [0.2, 0.25) is 5.02 Å². The predicted octanol–water partition coefficient (Wildman–Crippen LogP) is 4.92. The molecule has 0 bridgehead atoms. The van der Waals surface area contributed by atoms with E-state index in [1.807, 2.05) is 0 Å². The summed E-state index contributed by atoms with van der Waals surface area (Å²) in [4.78, 5) is 11.7. The molecule has 0 fully saturated rings. The Kier molecular flexibility index (Phi) is 6.91. The van der Waals surface area contributed by atoms with Crippen LogP contribution >= 0.6 is 11.6 Å². The van der Waals surface area contributed by atoms with Gasteiger partial charge in [0.2, 0.25) is 15.9 Å². The lowest BCUT2D eigenvalue weighted by Gasteiger charge is -2.22. The third-order valence-electron chi connectivity index (χ3n) is 4.24. The molecule has 1 N–H and O–H groups in total. The van der Waals surface area contributed by atoms with Crippen LogP contribution in [0.1, 0.15) is 11.3 Å². The number of anilines is 1. The third kappa shape index (κ3) is 5.67. The van der Waals surface area contributed by atoms with Crippen molar-refractivity contribution in [2.75, 3.05) is 11.9 Å². The van der Waals surface area contributed by atoms with Gasteiger partial charge in [-0.25, -0.2) is 12.8 Å². The second-order valence-electron chi connectivity index (χ2n) is 6.55. The summed E-state index contributed by atoms with van der Waals surface area (Å²) >= 11 is 5.91. The number of furan rings is 1. The number of nitrogens with one attached hydrogen (secondary N) is 1. The van der Waals surface area contributed by atoms with E-state index in [0.717, 1.165) is 18.2 Å². The fraction of sp³-hybridized carbons (Fsp3) is 0.150. The van der Waals surface area contributed by atoms with Crippen LogP contribution in [-0.2, 0) is 27.5 Å². The van der Waals surface area contributed by atoms with Crippen molar-refractivity contribution >= 4 is 33.2 Å². The zero-order chi connectivity index (χ0) is 23.5. The number of benzene rings is 2. The molecule has 0 saturated carbocycles. The van der Waals surface area contributed by atoms with E-state index in [-0.39, 0.29) is 11.4 Å². The zero-order valence-corrected chi connectivity index (χ0v) is 17.6. The molecule has 0 aliphatic carbocycles. The van der Waals surface area contributed by atoms with E-state index >= 15 is 0 Å². The minimum Gasteiger partial charge on any atom is -0.468 e. The number of hydrogen-bond acceptors (Lipinski definition) is 4. The van der Waals surface area contributed by atoms with Crippen molar-refractivity contribution in [1.82, 2.24) is 4.31 Å². The first kappa shape index (κ1) is 23.8. The maximum atomic E-state index is 13.2. The molecule has 0 aliphatic heterocycles. The molecule has 2 aromatic carbocycles. The summed E-state index contributed by atoms with van der Waals surface area (Å²) in [6.45, 7) is -1.22. The van der Waals surface area contributed by atoms with Gasteiger partial charge in [-0.2, -0.15) is 17.5 Å². The maximum Gasteiger partial charge on any atom is 0.416 e. The molecule has 0 saturated heterocycles. The van der Waals surface area contributed by atoms with Crippen LogP contribution in [0.5, 0.6) is 0 Å². The fourth-order valence-corrected chi connectivity index (χ4v) is 4.58. The van der Waals surface area contributed by atoms with Crippen LogP contribution in [0.15, 0.2) is 70.2 Å². The molecule has 1 heterocycles. The third-order valence-corrected chi connectivity index (χ3v) is 6.51. The molecular weight excluding hydrogens is 476 g/mol. The molecule has 1 aromatic heterocycles. The lowest BCUT2D eigenvalue weighted by molar-refractivity contribution is -0.137. The highest BCUT2D eigenvalue weighted by Crippen LogP contribution is 2.34. The van der Waals surface area contributed by atoms with E-state index in [2.05, 4.69) is 5.32 Å². The second-order valence-corrected chi connectivity index (χ2v) is 8.86. The molecule has 0 unspecified atom stereocenters. The highest BCUT2D eigenvalue weighted by Gasteiger charge is 2.35. The van der Waals surface area contributed by atoms with Crippen molar-refractivity contribution in [1.29, 1.82) is 0 Å². The van der Waals surface area contributed by atoms with Crippen molar-refractivity contribution < 1.29 is 35.2 Å².